The molecule has 0 radical (unpaired) electrons. The zero-order valence-corrected chi connectivity index (χ0v) is 11.8. The highest BCUT2D eigenvalue weighted by molar-refractivity contribution is 7.10. The molecule has 1 heterocycles. The van der Waals surface area contributed by atoms with E-state index in [9.17, 15) is 9.50 Å². The average molecular weight is 285 g/mol. The molecule has 0 amide bonds. The van der Waals surface area contributed by atoms with Crippen LogP contribution in [-0.2, 0) is 6.42 Å². The Bertz CT molecular complexity index is 565. The molecule has 2 rings (SSSR count). The zero-order chi connectivity index (χ0) is 13.3. The van der Waals surface area contributed by atoms with Crippen molar-refractivity contribution < 1.29 is 9.50 Å². The number of aliphatic hydroxyl groups is 1. The minimum Gasteiger partial charge on any atom is -0.387 e. The van der Waals surface area contributed by atoms with Crippen LogP contribution in [-0.4, -0.2) is 5.11 Å². The predicted molar refractivity (Wildman–Crippen MR) is 73.9 cm³/mol. The van der Waals surface area contributed by atoms with Crippen molar-refractivity contribution in [3.8, 4) is 0 Å². The normalized spacial score (nSPS) is 12.7. The summed E-state index contributed by atoms with van der Waals surface area (Å²) in [6, 6.07) is 4.60. The average Bonchev–Trinajstić information content (AvgIpc) is 2.64. The van der Waals surface area contributed by atoms with E-state index < -0.39 is 6.10 Å². The van der Waals surface area contributed by atoms with Crippen molar-refractivity contribution in [3.05, 3.63) is 56.0 Å². The number of hydrogen-bond acceptors (Lipinski definition) is 2. The van der Waals surface area contributed by atoms with Crippen LogP contribution in [0.4, 0.5) is 4.39 Å². The van der Waals surface area contributed by atoms with Gasteiger partial charge in [0.15, 0.2) is 0 Å². The molecule has 1 unspecified atom stereocenters. The quantitative estimate of drug-likeness (QED) is 0.884. The molecule has 1 aromatic heterocycles. The van der Waals surface area contributed by atoms with Crippen molar-refractivity contribution in [3.63, 3.8) is 0 Å². The monoisotopic (exact) mass is 284 g/mol. The van der Waals surface area contributed by atoms with E-state index in [-0.39, 0.29) is 5.82 Å². The van der Waals surface area contributed by atoms with Crippen LogP contribution in [0.3, 0.4) is 0 Å². The number of aliphatic hydroxyl groups excluding tert-OH is 1. The summed E-state index contributed by atoms with van der Waals surface area (Å²) in [6.45, 7) is 3.75. The summed E-state index contributed by atoms with van der Waals surface area (Å²) in [5, 5.41) is 12.8. The van der Waals surface area contributed by atoms with Gasteiger partial charge in [0.1, 0.15) is 5.82 Å². The summed E-state index contributed by atoms with van der Waals surface area (Å²) in [4.78, 5) is 0.776. The number of halogens is 2. The standard InChI is InChI=1S/C14H14ClFOS/c1-8-5-11(16)4-3-10(8)6-12(17)14-13(15)9(2)7-18-14/h3-5,7,12,17H,6H2,1-2H3. The fourth-order valence-electron chi connectivity index (χ4n) is 1.86. The van der Waals surface area contributed by atoms with E-state index in [0.717, 1.165) is 21.6 Å². The minimum absolute atomic E-state index is 0.254. The van der Waals surface area contributed by atoms with Crippen molar-refractivity contribution in [2.24, 2.45) is 0 Å². The van der Waals surface area contributed by atoms with Gasteiger partial charge in [-0.1, -0.05) is 17.7 Å². The molecule has 4 heteroatoms. The molecule has 0 saturated carbocycles. The highest BCUT2D eigenvalue weighted by Crippen LogP contribution is 2.34. The number of benzene rings is 1. The lowest BCUT2D eigenvalue weighted by atomic mass is 10.0. The van der Waals surface area contributed by atoms with Crippen LogP contribution in [0.15, 0.2) is 23.6 Å². The molecule has 1 nitrogen and oxygen atoms in total. The predicted octanol–water partition coefficient (Wildman–Crippen LogP) is 4.43. The second-order valence-corrected chi connectivity index (χ2v) is 5.68. The lowest BCUT2D eigenvalue weighted by Gasteiger charge is -2.12. The fourth-order valence-corrected chi connectivity index (χ4v) is 3.17. The molecule has 0 bridgehead atoms. The lowest BCUT2D eigenvalue weighted by molar-refractivity contribution is 0.182. The van der Waals surface area contributed by atoms with Crippen molar-refractivity contribution >= 4 is 22.9 Å². The van der Waals surface area contributed by atoms with Crippen molar-refractivity contribution in [1.82, 2.24) is 0 Å². The van der Waals surface area contributed by atoms with Crippen LogP contribution >= 0.6 is 22.9 Å². The SMILES string of the molecule is Cc1cc(F)ccc1CC(O)c1scc(C)c1Cl. The Balaban J connectivity index is 2.21. The molecule has 0 saturated heterocycles. The van der Waals surface area contributed by atoms with E-state index in [0.29, 0.717) is 11.4 Å². The smallest absolute Gasteiger partial charge is 0.123 e. The Morgan fingerprint density at radius 1 is 1.33 bits per heavy atom. The minimum atomic E-state index is -0.639. The van der Waals surface area contributed by atoms with Gasteiger partial charge < -0.3 is 5.11 Å². The van der Waals surface area contributed by atoms with E-state index in [4.69, 9.17) is 11.6 Å². The van der Waals surface area contributed by atoms with Crippen LogP contribution in [0.2, 0.25) is 5.02 Å². The fraction of sp³-hybridized carbons (Fsp3) is 0.286. The Hall–Kier alpha value is -0.900. The summed E-state index contributed by atoms with van der Waals surface area (Å²) in [5.41, 5.74) is 2.76. The third-order valence-corrected chi connectivity index (χ3v) is 4.76. The van der Waals surface area contributed by atoms with Crippen LogP contribution in [0.1, 0.15) is 27.7 Å². The van der Waals surface area contributed by atoms with Gasteiger partial charge in [0, 0.05) is 6.42 Å². The summed E-state index contributed by atoms with van der Waals surface area (Å²) < 4.78 is 13.0. The first-order valence-corrected chi connectivity index (χ1v) is 6.91. The Kier molecular flexibility index (Phi) is 4.05. The molecule has 0 fully saturated rings. The third-order valence-electron chi connectivity index (χ3n) is 2.95. The molecule has 96 valence electrons. The lowest BCUT2D eigenvalue weighted by Crippen LogP contribution is -2.02. The van der Waals surface area contributed by atoms with Gasteiger partial charge in [-0.2, -0.15) is 0 Å². The first-order chi connectivity index (χ1) is 8.49. The van der Waals surface area contributed by atoms with Gasteiger partial charge in [-0.25, -0.2) is 4.39 Å². The number of rotatable bonds is 3. The van der Waals surface area contributed by atoms with Crippen LogP contribution < -0.4 is 0 Å². The molecule has 2 aromatic rings. The highest BCUT2D eigenvalue weighted by Gasteiger charge is 2.16. The first kappa shape index (κ1) is 13.5. The summed E-state index contributed by atoms with van der Waals surface area (Å²) >= 11 is 7.58. The molecule has 1 N–H and O–H groups in total. The maximum atomic E-state index is 13.0. The molecular weight excluding hydrogens is 271 g/mol. The molecule has 0 spiro atoms. The zero-order valence-electron chi connectivity index (χ0n) is 10.2. The molecule has 0 aliphatic rings. The Morgan fingerprint density at radius 2 is 2.06 bits per heavy atom. The molecule has 18 heavy (non-hydrogen) atoms. The molecule has 0 aliphatic carbocycles. The first-order valence-electron chi connectivity index (χ1n) is 5.65. The molecule has 1 aromatic carbocycles. The summed E-state index contributed by atoms with van der Waals surface area (Å²) in [5.74, 6) is -0.254. The maximum absolute atomic E-state index is 13.0. The molecular formula is C14H14ClFOS. The third kappa shape index (κ3) is 2.74. The van der Waals surface area contributed by atoms with Gasteiger partial charge in [0.2, 0.25) is 0 Å². The van der Waals surface area contributed by atoms with Crippen molar-refractivity contribution in [2.75, 3.05) is 0 Å². The number of thiophene rings is 1. The summed E-state index contributed by atoms with van der Waals surface area (Å²) in [7, 11) is 0. The number of aryl methyl sites for hydroxylation is 2. The Morgan fingerprint density at radius 3 is 2.61 bits per heavy atom. The van der Waals surface area contributed by atoms with Gasteiger partial charge in [-0.05, 0) is 48.1 Å². The van der Waals surface area contributed by atoms with Crippen LogP contribution in [0.5, 0.6) is 0 Å². The van der Waals surface area contributed by atoms with Crippen LogP contribution in [0.25, 0.3) is 0 Å². The van der Waals surface area contributed by atoms with E-state index in [2.05, 4.69) is 0 Å². The van der Waals surface area contributed by atoms with E-state index in [1.165, 1.54) is 23.5 Å². The van der Waals surface area contributed by atoms with Gasteiger partial charge >= 0.3 is 0 Å². The van der Waals surface area contributed by atoms with Gasteiger partial charge in [-0.15, -0.1) is 11.3 Å². The second kappa shape index (κ2) is 5.39. The van der Waals surface area contributed by atoms with Gasteiger partial charge in [-0.3, -0.25) is 0 Å². The second-order valence-electron chi connectivity index (χ2n) is 4.39. The van der Waals surface area contributed by atoms with Gasteiger partial charge in [0.25, 0.3) is 0 Å². The topological polar surface area (TPSA) is 20.2 Å². The maximum Gasteiger partial charge on any atom is 0.123 e. The number of hydrogen-bond donors (Lipinski definition) is 1. The van der Waals surface area contributed by atoms with Gasteiger partial charge in [0.05, 0.1) is 16.0 Å². The van der Waals surface area contributed by atoms with Crippen molar-refractivity contribution in [1.29, 1.82) is 0 Å². The largest absolute Gasteiger partial charge is 0.387 e. The molecule has 1 atom stereocenters. The highest BCUT2D eigenvalue weighted by atomic mass is 35.5. The van der Waals surface area contributed by atoms with E-state index in [1.807, 2.05) is 19.2 Å². The Labute approximate surface area is 115 Å². The van der Waals surface area contributed by atoms with E-state index >= 15 is 0 Å². The van der Waals surface area contributed by atoms with Crippen molar-refractivity contribution in [2.45, 2.75) is 26.4 Å². The van der Waals surface area contributed by atoms with E-state index in [1.54, 1.807) is 6.07 Å². The summed E-state index contributed by atoms with van der Waals surface area (Å²) in [6.07, 6.45) is -0.188. The van der Waals surface area contributed by atoms with Crippen LogP contribution in [0, 0.1) is 19.7 Å². The molecule has 0 aliphatic heterocycles.